The summed E-state index contributed by atoms with van der Waals surface area (Å²) in [6.45, 7) is -3.70. The van der Waals surface area contributed by atoms with Crippen molar-refractivity contribution in [3.8, 4) is 0 Å². The van der Waals surface area contributed by atoms with Gasteiger partial charge in [-0.1, -0.05) is 12.1 Å². The van der Waals surface area contributed by atoms with Gasteiger partial charge in [-0.25, -0.2) is 4.79 Å². The van der Waals surface area contributed by atoms with Crippen molar-refractivity contribution in [1.82, 2.24) is 0 Å². The molecule has 3 fully saturated rings. The molecule has 4 unspecified atom stereocenters. The summed E-state index contributed by atoms with van der Waals surface area (Å²) in [5.41, 5.74) is -3.56. The van der Waals surface area contributed by atoms with Crippen LogP contribution in [0.4, 0.5) is 0 Å². The van der Waals surface area contributed by atoms with Gasteiger partial charge in [0.25, 0.3) is 0 Å². The molecule has 3 aliphatic heterocycles. The van der Waals surface area contributed by atoms with Gasteiger partial charge in [0.1, 0.15) is 30.3 Å². The minimum Gasteiger partial charge on any atom is -1.00 e. The van der Waals surface area contributed by atoms with E-state index in [2.05, 4.69) is 0 Å². The van der Waals surface area contributed by atoms with Crippen molar-refractivity contribution >= 4 is 28.6 Å². The number of ether oxygens (including phenoxy) is 2. The first kappa shape index (κ1) is 7.49. The van der Waals surface area contributed by atoms with Crippen LogP contribution in [0.3, 0.4) is 0 Å². The number of rotatable bonds is 4. The first-order chi connectivity index (χ1) is 19.5. The van der Waals surface area contributed by atoms with Crippen LogP contribution in [0.5, 0.6) is 0 Å². The lowest BCUT2D eigenvalue weighted by molar-refractivity contribution is -0.938. The van der Waals surface area contributed by atoms with Crippen LogP contribution in [-0.4, -0.2) is 59.9 Å². The summed E-state index contributed by atoms with van der Waals surface area (Å²) in [7, 11) is 0.537. The topological polar surface area (TPSA) is 59.1 Å². The Morgan fingerprint density at radius 1 is 1.37 bits per heavy atom. The molecular formula is C19H22BrNO4S2. The molecule has 5 nitrogen and oxygen atoms in total. The van der Waals surface area contributed by atoms with Crippen molar-refractivity contribution in [2.45, 2.75) is 48.6 Å². The number of halogens is 1. The number of aliphatic hydroxyl groups is 1. The zero-order valence-corrected chi connectivity index (χ0v) is 16.5. The molecule has 4 atom stereocenters. The number of hydrogen-bond donors (Lipinski definition) is 1. The molecule has 27 heavy (non-hydrogen) atoms. The van der Waals surface area contributed by atoms with Gasteiger partial charge in [0.2, 0.25) is 5.60 Å². The van der Waals surface area contributed by atoms with Gasteiger partial charge >= 0.3 is 5.97 Å². The summed E-state index contributed by atoms with van der Waals surface area (Å²) in [5.74, 6) is -2.26. The summed E-state index contributed by atoms with van der Waals surface area (Å²) in [5, 5.41) is 10.5. The molecule has 3 saturated heterocycles. The van der Waals surface area contributed by atoms with E-state index >= 15 is 0 Å². The molecule has 0 aromatic carbocycles. The van der Waals surface area contributed by atoms with Gasteiger partial charge < -0.3 is 36.0 Å². The van der Waals surface area contributed by atoms with E-state index in [0.29, 0.717) is 7.05 Å². The van der Waals surface area contributed by atoms with E-state index < -0.39 is 111 Å². The van der Waals surface area contributed by atoms with E-state index in [1.54, 1.807) is 0 Å². The Bertz CT molecular complexity index is 1560. The average Bonchev–Trinajstić information content (AvgIpc) is 3.25. The van der Waals surface area contributed by atoms with Gasteiger partial charge in [-0.3, -0.25) is 0 Å². The van der Waals surface area contributed by atoms with Crippen molar-refractivity contribution in [3.05, 3.63) is 44.6 Å². The zero-order valence-electron chi connectivity index (χ0n) is 31.3. The van der Waals surface area contributed by atoms with E-state index in [4.69, 9.17) is 34.1 Å². The number of carbonyl (C=O) groups is 1. The number of likely N-dealkylation sites (N-methyl/N-ethyl adjacent to an activating group) is 1. The Morgan fingerprint density at radius 3 is 2.37 bits per heavy atom. The Labute approximate surface area is 202 Å². The van der Waals surface area contributed by atoms with Gasteiger partial charge in [-0.05, 0) is 22.8 Å². The molecular weight excluding hydrogens is 450 g/mol. The normalized spacial score (nSPS) is 64.1. The lowest BCUT2D eigenvalue weighted by Crippen LogP contribution is -3.00. The smallest absolute Gasteiger partial charge is 0.349 e. The molecule has 2 aromatic rings. The van der Waals surface area contributed by atoms with Gasteiger partial charge in [0.05, 0.1) is 43.0 Å². The van der Waals surface area contributed by atoms with Crippen LogP contribution in [0.2, 0.25) is 0 Å². The van der Waals surface area contributed by atoms with Crippen LogP contribution in [0.1, 0.15) is 47.2 Å². The zero-order chi connectivity index (χ0) is 34.0. The van der Waals surface area contributed by atoms with Crippen molar-refractivity contribution in [1.29, 1.82) is 0 Å². The van der Waals surface area contributed by atoms with Crippen LogP contribution < -0.4 is 17.0 Å². The molecule has 1 N–H and O–H groups in total. The van der Waals surface area contributed by atoms with Crippen LogP contribution >= 0.6 is 22.7 Å². The number of thiophene rings is 2. The number of carbonyl (C=O) groups excluding carboxylic acids is 1. The van der Waals surface area contributed by atoms with Crippen LogP contribution in [-0.2, 0) is 19.9 Å². The minimum absolute atomic E-state index is 0. The third-order valence-electron chi connectivity index (χ3n) is 4.06. The second kappa shape index (κ2) is 6.64. The lowest BCUT2D eigenvalue weighted by atomic mass is 9.95. The van der Waals surface area contributed by atoms with Crippen LogP contribution in [0.25, 0.3) is 0 Å². The predicted molar refractivity (Wildman–Crippen MR) is 99.1 cm³/mol. The molecule has 146 valence electrons. The number of fused-ring (bicyclic) bond motifs is 5. The highest BCUT2D eigenvalue weighted by molar-refractivity contribution is 7.12. The van der Waals surface area contributed by atoms with Crippen LogP contribution in [0, 0.1) is 0 Å². The summed E-state index contributed by atoms with van der Waals surface area (Å²) in [4.78, 5) is 12.2. The summed E-state index contributed by atoms with van der Waals surface area (Å²) in [6, 6.07) is -11.2. The predicted octanol–water partition coefficient (Wildman–Crippen LogP) is -0.650. The first-order valence-electron chi connectivity index (χ1n) is 16.2. The summed E-state index contributed by atoms with van der Waals surface area (Å²) in [6.07, 6.45) is -19.2. The molecule has 8 heteroatoms. The van der Waals surface area contributed by atoms with Crippen molar-refractivity contribution in [2.24, 2.45) is 0 Å². The van der Waals surface area contributed by atoms with Crippen molar-refractivity contribution < 1.29 is 65.5 Å². The Kier molecular flexibility index (Phi) is 1.84. The SMILES string of the molecule is [2H]c1sc(C(O)(C(=O)OC2([2H])C([2H])([2H])C3([2H])C4([2H])OC4([2H])C([2H])(C2([2H])[2H])[N+]3(C)C([2H])([2H])[2H])c2sc([2H])c([2H])c2[2H])c([2H])c1[2H].[Br-]. The van der Waals surface area contributed by atoms with Gasteiger partial charge in [-0.2, -0.15) is 0 Å². The van der Waals surface area contributed by atoms with E-state index in [1.165, 1.54) is 0 Å². The molecule has 2 bridgehead atoms. The van der Waals surface area contributed by atoms with E-state index in [-0.39, 0.29) is 39.7 Å². The summed E-state index contributed by atoms with van der Waals surface area (Å²) >= 11 is 0.277. The number of nitrogens with zero attached hydrogens (tertiary/aromatic N) is 1. The maximum Gasteiger partial charge on any atom is 0.349 e. The molecule has 5 heterocycles. The lowest BCUT2D eigenvalue weighted by Gasteiger charge is -2.45. The highest BCUT2D eigenvalue weighted by Gasteiger charge is 2.71. The molecule has 0 aliphatic carbocycles. The number of esters is 1. The monoisotopic (exact) mass is 489 g/mol. The molecule has 0 spiro atoms. The largest absolute Gasteiger partial charge is 1.00 e. The minimum atomic E-state index is -4.24. The molecule has 5 rings (SSSR count). The Morgan fingerprint density at radius 2 is 1.93 bits per heavy atom. The molecule has 0 amide bonds. The molecule has 3 aliphatic rings. The van der Waals surface area contributed by atoms with Gasteiger partial charge in [0, 0.05) is 18.2 Å². The van der Waals surface area contributed by atoms with Gasteiger partial charge in [0.15, 0.2) is 0 Å². The molecule has 0 radical (unpaired) electrons. The van der Waals surface area contributed by atoms with E-state index in [9.17, 15) is 9.90 Å². The summed E-state index contributed by atoms with van der Waals surface area (Å²) < 4.78 is 160. The highest BCUT2D eigenvalue weighted by atomic mass is 79.9. The Balaban J connectivity index is 0.00000461. The second-order valence-electron chi connectivity index (χ2n) is 5.71. The number of piperidine rings is 1. The maximum absolute atomic E-state index is 14.0. The number of epoxide rings is 1. The van der Waals surface area contributed by atoms with E-state index in [0.717, 1.165) is 0 Å². The third kappa shape index (κ3) is 2.84. The standard InChI is InChI=1S/C19H22NO4S2.BrH/c1-20(2)12-9-11(10-13(20)17-16(12)24-17)23-18(21)19(22,14-5-3-7-25-14)15-6-4-8-26-15;/h3-8,11-13,16-17,22H,9-10H2,1-2H3;1H/q+1;/p-1/i1D3,3D,4D,5D,6D,7D,8D,9D2,10D2,11D,12D,13D,16D,17D;. The quantitative estimate of drug-likeness (QED) is 0.352. The molecule has 0 saturated carbocycles. The van der Waals surface area contributed by atoms with Crippen molar-refractivity contribution in [2.75, 3.05) is 14.0 Å². The fourth-order valence-electron chi connectivity index (χ4n) is 2.69. The first-order valence-corrected chi connectivity index (χ1v) is 8.81. The second-order valence-corrected chi connectivity index (χ2v) is 7.34. The van der Waals surface area contributed by atoms with E-state index in [1.807, 2.05) is 0 Å². The van der Waals surface area contributed by atoms with Gasteiger partial charge in [-0.15, -0.1) is 22.7 Å². The maximum atomic E-state index is 14.0. The number of morpholine rings is 1. The molecule has 2 aromatic heterocycles. The number of hydrogen-bond acceptors (Lipinski definition) is 6. The van der Waals surface area contributed by atoms with Crippen LogP contribution in [0.15, 0.2) is 34.9 Å². The third-order valence-corrected chi connectivity index (χ3v) is 5.68. The average molecular weight is 491 g/mol. The number of quaternary nitrogens is 1. The Hall–Kier alpha value is -0.770. The fourth-order valence-corrected chi connectivity index (χ4v) is 4.04. The highest BCUT2D eigenvalue weighted by Crippen LogP contribution is 2.52. The van der Waals surface area contributed by atoms with Crippen molar-refractivity contribution in [3.63, 3.8) is 0 Å². The fraction of sp³-hybridized carbons (Fsp3) is 0.526.